The lowest BCUT2D eigenvalue weighted by Gasteiger charge is -2.36. The molecule has 1 aromatic heterocycles. The highest BCUT2D eigenvalue weighted by atomic mass is 16.2. The largest absolute Gasteiger partial charge is 0.340 e. The molecule has 2 heterocycles. The van der Waals surface area contributed by atoms with Gasteiger partial charge < -0.3 is 15.2 Å². The summed E-state index contributed by atoms with van der Waals surface area (Å²) in [6.45, 7) is 3.70. The molecule has 4 heteroatoms. The molecular weight excluding hydrogens is 238 g/mol. The van der Waals surface area contributed by atoms with E-state index in [0.717, 1.165) is 18.7 Å². The molecule has 1 saturated heterocycles. The van der Waals surface area contributed by atoms with Gasteiger partial charge in [-0.25, -0.2) is 0 Å². The van der Waals surface area contributed by atoms with Crippen LogP contribution in [0.1, 0.15) is 49.1 Å². The average Bonchev–Trinajstić information content (AvgIpc) is 2.78. The molecule has 3 rings (SSSR count). The first-order valence-electron chi connectivity index (χ1n) is 7.38. The van der Waals surface area contributed by atoms with Gasteiger partial charge in [-0.05, 0) is 43.7 Å². The van der Waals surface area contributed by atoms with Crippen LogP contribution in [0.4, 0.5) is 0 Å². The Bertz CT molecular complexity index is 464. The predicted octanol–water partition coefficient (Wildman–Crippen LogP) is 2.02. The summed E-state index contributed by atoms with van der Waals surface area (Å²) in [6, 6.07) is 4.58. The minimum Gasteiger partial charge on any atom is -0.340 e. The molecule has 0 aromatic carbocycles. The van der Waals surface area contributed by atoms with E-state index in [0.29, 0.717) is 18.5 Å². The van der Waals surface area contributed by atoms with Gasteiger partial charge in [0.05, 0.1) is 0 Å². The maximum absolute atomic E-state index is 12.6. The first kappa shape index (κ1) is 12.7. The highest BCUT2D eigenvalue weighted by Gasteiger charge is 2.30. The van der Waals surface area contributed by atoms with Gasteiger partial charge in [0.1, 0.15) is 5.69 Å². The van der Waals surface area contributed by atoms with Crippen LogP contribution in [0.15, 0.2) is 18.3 Å². The van der Waals surface area contributed by atoms with Crippen LogP contribution in [0.3, 0.4) is 0 Å². The van der Waals surface area contributed by atoms with E-state index < -0.39 is 0 Å². The molecule has 0 radical (unpaired) electrons. The van der Waals surface area contributed by atoms with Gasteiger partial charge in [-0.2, -0.15) is 0 Å². The molecule has 4 nitrogen and oxygen atoms in total. The van der Waals surface area contributed by atoms with Gasteiger partial charge in [-0.3, -0.25) is 4.79 Å². The van der Waals surface area contributed by atoms with Crippen molar-refractivity contribution in [3.05, 3.63) is 24.0 Å². The van der Waals surface area contributed by atoms with Crippen molar-refractivity contribution in [2.24, 2.45) is 11.7 Å². The topological polar surface area (TPSA) is 51.3 Å². The van der Waals surface area contributed by atoms with Gasteiger partial charge in [0.15, 0.2) is 0 Å². The Morgan fingerprint density at radius 1 is 1.37 bits per heavy atom. The van der Waals surface area contributed by atoms with Gasteiger partial charge in [-0.15, -0.1) is 0 Å². The molecule has 0 spiro atoms. The van der Waals surface area contributed by atoms with Crippen molar-refractivity contribution in [3.8, 4) is 0 Å². The summed E-state index contributed by atoms with van der Waals surface area (Å²) in [4.78, 5) is 14.6. The van der Waals surface area contributed by atoms with Gasteiger partial charge in [0, 0.05) is 31.4 Å². The number of nitrogens with two attached hydrogens (primary N) is 1. The van der Waals surface area contributed by atoms with Crippen molar-refractivity contribution in [2.75, 3.05) is 13.1 Å². The van der Waals surface area contributed by atoms with Crippen LogP contribution >= 0.6 is 0 Å². The van der Waals surface area contributed by atoms with Gasteiger partial charge in [-0.1, -0.05) is 6.92 Å². The Morgan fingerprint density at radius 3 is 2.79 bits per heavy atom. The summed E-state index contributed by atoms with van der Waals surface area (Å²) < 4.78 is 2.16. The third-order valence-corrected chi connectivity index (χ3v) is 4.77. The number of amides is 1. The molecule has 0 bridgehead atoms. The number of carbonyl (C=O) groups excluding carboxylic acids is 1. The fraction of sp³-hybridized carbons (Fsp3) is 0.667. The summed E-state index contributed by atoms with van der Waals surface area (Å²) in [5.41, 5.74) is 6.93. The standard InChI is InChI=1S/C15H23N3O/c1-11-7-9-17(10-13(11)16)15(19)14-6-3-8-18(14)12-4-2-5-12/h3,6,8,11-13H,2,4-5,7,9-10,16H2,1H3. The Hall–Kier alpha value is -1.29. The van der Waals surface area contributed by atoms with Crippen LogP contribution in [-0.2, 0) is 0 Å². The number of piperidine rings is 1. The highest BCUT2D eigenvalue weighted by Crippen LogP contribution is 2.33. The predicted molar refractivity (Wildman–Crippen MR) is 75.0 cm³/mol. The minimum atomic E-state index is 0.116. The summed E-state index contributed by atoms with van der Waals surface area (Å²) in [5, 5.41) is 0. The Kier molecular flexibility index (Phi) is 3.35. The van der Waals surface area contributed by atoms with Crippen LogP contribution in [0.5, 0.6) is 0 Å². The SMILES string of the molecule is CC1CCN(C(=O)c2cccn2C2CCC2)CC1N. The maximum atomic E-state index is 12.6. The zero-order valence-electron chi connectivity index (χ0n) is 11.6. The normalized spacial score (nSPS) is 28.2. The van der Waals surface area contributed by atoms with E-state index in [1.165, 1.54) is 19.3 Å². The van der Waals surface area contributed by atoms with Crippen molar-refractivity contribution < 1.29 is 4.79 Å². The second kappa shape index (κ2) is 5.00. The molecule has 2 unspecified atom stereocenters. The number of hydrogen-bond donors (Lipinski definition) is 1. The van der Waals surface area contributed by atoms with Gasteiger partial charge in [0.25, 0.3) is 5.91 Å². The molecule has 19 heavy (non-hydrogen) atoms. The molecule has 1 aliphatic carbocycles. The van der Waals surface area contributed by atoms with E-state index in [-0.39, 0.29) is 11.9 Å². The van der Waals surface area contributed by atoms with Crippen LogP contribution in [-0.4, -0.2) is 34.5 Å². The molecule has 1 saturated carbocycles. The van der Waals surface area contributed by atoms with E-state index in [4.69, 9.17) is 5.73 Å². The third-order valence-electron chi connectivity index (χ3n) is 4.77. The molecule has 2 aliphatic rings. The number of carbonyl (C=O) groups is 1. The lowest BCUT2D eigenvalue weighted by atomic mass is 9.92. The highest BCUT2D eigenvalue weighted by molar-refractivity contribution is 5.93. The summed E-state index contributed by atoms with van der Waals surface area (Å²) in [7, 11) is 0. The smallest absolute Gasteiger partial charge is 0.270 e. The van der Waals surface area contributed by atoms with E-state index in [1.54, 1.807) is 0 Å². The first-order chi connectivity index (χ1) is 9.16. The molecule has 1 aromatic rings. The zero-order valence-corrected chi connectivity index (χ0v) is 11.6. The number of rotatable bonds is 2. The van der Waals surface area contributed by atoms with Crippen molar-refractivity contribution in [2.45, 2.75) is 44.7 Å². The Morgan fingerprint density at radius 2 is 2.16 bits per heavy atom. The summed E-state index contributed by atoms with van der Waals surface area (Å²) >= 11 is 0. The Labute approximate surface area is 114 Å². The van der Waals surface area contributed by atoms with E-state index in [1.807, 2.05) is 23.2 Å². The van der Waals surface area contributed by atoms with Crippen molar-refractivity contribution in [3.63, 3.8) is 0 Å². The van der Waals surface area contributed by atoms with Crippen molar-refractivity contribution in [1.82, 2.24) is 9.47 Å². The lowest BCUT2D eigenvalue weighted by Crippen LogP contribution is -2.50. The average molecular weight is 261 g/mol. The van der Waals surface area contributed by atoms with Crippen molar-refractivity contribution in [1.29, 1.82) is 0 Å². The van der Waals surface area contributed by atoms with E-state index in [2.05, 4.69) is 11.5 Å². The summed E-state index contributed by atoms with van der Waals surface area (Å²) in [5.74, 6) is 0.668. The second-order valence-electron chi connectivity index (χ2n) is 6.07. The molecule has 1 aliphatic heterocycles. The number of hydrogen-bond acceptors (Lipinski definition) is 2. The van der Waals surface area contributed by atoms with E-state index >= 15 is 0 Å². The molecule has 1 amide bonds. The fourth-order valence-electron chi connectivity index (χ4n) is 3.00. The number of likely N-dealkylation sites (tertiary alicyclic amines) is 1. The molecule has 2 atom stereocenters. The number of nitrogens with zero attached hydrogens (tertiary/aromatic N) is 2. The first-order valence-corrected chi connectivity index (χ1v) is 7.38. The zero-order chi connectivity index (χ0) is 13.4. The van der Waals surface area contributed by atoms with Crippen LogP contribution in [0, 0.1) is 5.92 Å². The molecule has 104 valence electrons. The van der Waals surface area contributed by atoms with Crippen LogP contribution in [0.25, 0.3) is 0 Å². The second-order valence-corrected chi connectivity index (χ2v) is 6.07. The quantitative estimate of drug-likeness (QED) is 0.885. The van der Waals surface area contributed by atoms with Crippen LogP contribution in [0.2, 0.25) is 0 Å². The van der Waals surface area contributed by atoms with Crippen molar-refractivity contribution >= 4 is 5.91 Å². The molecule has 2 N–H and O–H groups in total. The van der Waals surface area contributed by atoms with Gasteiger partial charge in [0.2, 0.25) is 0 Å². The third kappa shape index (κ3) is 2.29. The molecule has 2 fully saturated rings. The Balaban J connectivity index is 1.75. The van der Waals surface area contributed by atoms with Crippen LogP contribution < -0.4 is 5.73 Å². The summed E-state index contributed by atoms with van der Waals surface area (Å²) in [6.07, 6.45) is 6.74. The van der Waals surface area contributed by atoms with E-state index in [9.17, 15) is 4.79 Å². The monoisotopic (exact) mass is 261 g/mol. The minimum absolute atomic E-state index is 0.116. The number of aromatic nitrogens is 1. The van der Waals surface area contributed by atoms with Gasteiger partial charge >= 0.3 is 0 Å². The fourth-order valence-corrected chi connectivity index (χ4v) is 3.00. The molecular formula is C15H23N3O. The maximum Gasteiger partial charge on any atom is 0.270 e. The lowest BCUT2D eigenvalue weighted by molar-refractivity contribution is 0.0655.